The van der Waals surface area contributed by atoms with Crippen molar-refractivity contribution in [2.24, 2.45) is 0 Å². The molecule has 2 aliphatic rings. The number of aliphatic hydroxyl groups is 1. The summed E-state index contributed by atoms with van der Waals surface area (Å²) in [7, 11) is 0. The molecule has 4 heterocycles. The Morgan fingerprint density at radius 2 is 2.14 bits per heavy atom. The molecule has 0 saturated carbocycles. The molecule has 0 radical (unpaired) electrons. The van der Waals surface area contributed by atoms with E-state index in [1.807, 2.05) is 0 Å². The minimum atomic E-state index is -0.916. The van der Waals surface area contributed by atoms with Gasteiger partial charge in [-0.1, -0.05) is 11.3 Å². The molecule has 0 aliphatic carbocycles. The van der Waals surface area contributed by atoms with Crippen molar-refractivity contribution in [3.05, 3.63) is 53.1 Å². The fraction of sp³-hybridized carbons (Fsp3) is 0.118. The summed E-state index contributed by atoms with van der Waals surface area (Å²) in [5, 5.41) is 18.8. The van der Waals surface area contributed by atoms with Gasteiger partial charge < -0.3 is 19.6 Å². The molecule has 140 valence electrons. The Morgan fingerprint density at radius 3 is 2.89 bits per heavy atom. The summed E-state index contributed by atoms with van der Waals surface area (Å²) < 4.78 is 10.6. The van der Waals surface area contributed by atoms with Crippen molar-refractivity contribution >= 4 is 33.9 Å². The summed E-state index contributed by atoms with van der Waals surface area (Å²) in [6.45, 7) is 0.0785. The van der Waals surface area contributed by atoms with Crippen LogP contribution in [0.4, 0.5) is 5.13 Å². The van der Waals surface area contributed by atoms with E-state index in [1.165, 1.54) is 22.9 Å². The third-order valence-electron chi connectivity index (χ3n) is 4.46. The predicted molar refractivity (Wildman–Crippen MR) is 95.8 cm³/mol. The van der Waals surface area contributed by atoms with Gasteiger partial charge in [0, 0.05) is 5.56 Å². The first-order chi connectivity index (χ1) is 13.6. The molecule has 11 heteroatoms. The van der Waals surface area contributed by atoms with Gasteiger partial charge in [0.2, 0.25) is 11.9 Å². The highest BCUT2D eigenvalue weighted by molar-refractivity contribution is 7.13. The average Bonchev–Trinajstić information content (AvgIpc) is 3.49. The molecule has 1 atom stereocenters. The number of hydrogen-bond donors (Lipinski definition) is 2. The number of ether oxygens (including phenoxy) is 2. The number of aromatic nitrogens is 4. The molecule has 1 unspecified atom stereocenters. The molecule has 1 fully saturated rings. The normalized spacial score (nSPS) is 20.1. The molecule has 1 saturated heterocycles. The predicted octanol–water partition coefficient (Wildman–Crippen LogP) is 1.62. The van der Waals surface area contributed by atoms with E-state index in [9.17, 15) is 14.7 Å². The number of rotatable bonds is 3. The van der Waals surface area contributed by atoms with Gasteiger partial charge in [0.25, 0.3) is 5.78 Å². The number of aliphatic hydroxyl groups excluding tert-OH is 1. The zero-order valence-corrected chi connectivity index (χ0v) is 14.8. The van der Waals surface area contributed by atoms with Crippen LogP contribution in [0.1, 0.15) is 17.3 Å². The summed E-state index contributed by atoms with van der Waals surface area (Å²) in [5.41, 5.74) is 2.15. The van der Waals surface area contributed by atoms with Gasteiger partial charge in [-0.3, -0.25) is 14.5 Å². The van der Waals surface area contributed by atoms with Crippen LogP contribution < -0.4 is 14.4 Å². The number of nitrogens with one attached hydrogen (secondary N) is 1. The quantitative estimate of drug-likeness (QED) is 0.387. The van der Waals surface area contributed by atoms with E-state index in [-0.39, 0.29) is 23.3 Å². The zero-order chi connectivity index (χ0) is 19.3. The van der Waals surface area contributed by atoms with Crippen LogP contribution >= 0.6 is 11.3 Å². The smallest absolute Gasteiger partial charge is 0.302 e. The fourth-order valence-corrected chi connectivity index (χ4v) is 3.80. The van der Waals surface area contributed by atoms with Crippen LogP contribution in [0.15, 0.2) is 41.8 Å². The third-order valence-corrected chi connectivity index (χ3v) is 5.15. The maximum Gasteiger partial charge on any atom is 0.302 e. The van der Waals surface area contributed by atoms with Crippen molar-refractivity contribution in [3.8, 4) is 11.5 Å². The van der Waals surface area contributed by atoms with E-state index in [4.69, 9.17) is 9.47 Å². The van der Waals surface area contributed by atoms with Crippen LogP contribution in [0, 0.1) is 0 Å². The Labute approximate surface area is 161 Å². The summed E-state index contributed by atoms with van der Waals surface area (Å²) in [6.07, 6.45) is 2.91. The molecule has 28 heavy (non-hydrogen) atoms. The first-order valence-corrected chi connectivity index (χ1v) is 8.98. The van der Waals surface area contributed by atoms with E-state index in [2.05, 4.69) is 20.2 Å². The summed E-state index contributed by atoms with van der Waals surface area (Å²) in [5.74, 6) is -0.983. The lowest BCUT2D eigenvalue weighted by Gasteiger charge is -2.20. The highest BCUT2D eigenvalue weighted by Gasteiger charge is 2.48. The number of hydrogen-bond acceptors (Lipinski definition) is 9. The Bertz CT molecular complexity index is 1110. The zero-order valence-electron chi connectivity index (χ0n) is 14.0. The van der Waals surface area contributed by atoms with Crippen molar-refractivity contribution in [2.75, 3.05) is 11.7 Å². The second kappa shape index (κ2) is 6.16. The first-order valence-electron chi connectivity index (χ1n) is 8.10. The second-order valence-corrected chi connectivity index (χ2v) is 6.78. The van der Waals surface area contributed by atoms with E-state index in [1.54, 1.807) is 18.2 Å². The molecule has 2 aliphatic heterocycles. The number of H-pyrrole nitrogens is 1. The SMILES string of the molecule is O=C1C(=O)N(c2nncs2)C(c2cnc[nH]2)/C1=C(\O)c1ccc2c(c1)OCO2. The van der Waals surface area contributed by atoms with Crippen LogP contribution in [0.25, 0.3) is 5.76 Å². The number of benzene rings is 1. The monoisotopic (exact) mass is 397 g/mol. The van der Waals surface area contributed by atoms with E-state index >= 15 is 0 Å². The van der Waals surface area contributed by atoms with Crippen molar-refractivity contribution in [3.63, 3.8) is 0 Å². The van der Waals surface area contributed by atoms with Crippen molar-refractivity contribution in [1.29, 1.82) is 0 Å². The Hall–Kier alpha value is -3.73. The maximum absolute atomic E-state index is 12.8. The minimum Gasteiger partial charge on any atom is -0.507 e. The summed E-state index contributed by atoms with van der Waals surface area (Å²) >= 11 is 1.11. The molecule has 1 amide bonds. The van der Waals surface area contributed by atoms with E-state index < -0.39 is 17.7 Å². The van der Waals surface area contributed by atoms with Crippen LogP contribution in [0.3, 0.4) is 0 Å². The average molecular weight is 397 g/mol. The number of ketones is 1. The summed E-state index contributed by atoms with van der Waals surface area (Å²) in [4.78, 5) is 33.6. The number of aromatic amines is 1. The van der Waals surface area contributed by atoms with E-state index in [0.717, 1.165) is 11.3 Å². The van der Waals surface area contributed by atoms with Crippen LogP contribution in [-0.4, -0.2) is 43.8 Å². The maximum atomic E-state index is 12.8. The topological polar surface area (TPSA) is 131 Å². The molecule has 3 aromatic rings. The highest BCUT2D eigenvalue weighted by atomic mass is 32.1. The van der Waals surface area contributed by atoms with Crippen molar-refractivity contribution in [1.82, 2.24) is 20.2 Å². The Kier molecular flexibility index (Phi) is 3.62. The number of anilines is 1. The van der Waals surface area contributed by atoms with Gasteiger partial charge in [0.15, 0.2) is 11.5 Å². The van der Waals surface area contributed by atoms with Crippen molar-refractivity contribution in [2.45, 2.75) is 6.04 Å². The third kappa shape index (κ3) is 2.36. The van der Waals surface area contributed by atoms with Crippen LogP contribution in [0.2, 0.25) is 0 Å². The lowest BCUT2D eigenvalue weighted by molar-refractivity contribution is -0.132. The molecular formula is C17H11N5O5S. The number of carbonyl (C=O) groups is 2. The van der Waals surface area contributed by atoms with Crippen LogP contribution in [-0.2, 0) is 9.59 Å². The highest BCUT2D eigenvalue weighted by Crippen LogP contribution is 2.43. The van der Waals surface area contributed by atoms with Gasteiger partial charge in [-0.05, 0) is 18.2 Å². The summed E-state index contributed by atoms with van der Waals surface area (Å²) in [6, 6.07) is 3.86. The number of imidazole rings is 1. The Balaban J connectivity index is 1.69. The number of amides is 1. The first kappa shape index (κ1) is 16.4. The second-order valence-electron chi connectivity index (χ2n) is 5.97. The lowest BCUT2D eigenvalue weighted by atomic mass is 9.99. The van der Waals surface area contributed by atoms with Gasteiger partial charge in [0.05, 0.1) is 23.8 Å². The minimum absolute atomic E-state index is 0.0785. The number of fused-ring (bicyclic) bond motifs is 1. The molecular weight excluding hydrogens is 386 g/mol. The van der Waals surface area contributed by atoms with Gasteiger partial charge >= 0.3 is 5.91 Å². The molecule has 2 aromatic heterocycles. The molecule has 2 N–H and O–H groups in total. The fourth-order valence-electron chi connectivity index (χ4n) is 3.21. The van der Waals surface area contributed by atoms with Crippen LogP contribution in [0.5, 0.6) is 11.5 Å². The van der Waals surface area contributed by atoms with Gasteiger partial charge in [-0.25, -0.2) is 4.98 Å². The molecule has 1 aromatic carbocycles. The molecule has 0 spiro atoms. The lowest BCUT2D eigenvalue weighted by Crippen LogP contribution is -2.29. The largest absolute Gasteiger partial charge is 0.507 e. The number of carbonyl (C=O) groups excluding carboxylic acids is 2. The molecule has 0 bridgehead atoms. The molecule has 5 rings (SSSR count). The van der Waals surface area contributed by atoms with Gasteiger partial charge in [-0.15, -0.1) is 10.2 Å². The Morgan fingerprint density at radius 1 is 1.29 bits per heavy atom. The standard InChI is InChI=1S/C17H11N5O5S/c23-14(8-1-2-10-11(3-8)27-7-26-10)12-13(9-4-18-5-19-9)22(16(25)15(12)24)17-21-20-6-28-17/h1-6,13,23H,7H2,(H,18,19)/b14-12+. The van der Waals surface area contributed by atoms with Gasteiger partial charge in [0.1, 0.15) is 17.3 Å². The van der Waals surface area contributed by atoms with E-state index in [0.29, 0.717) is 22.8 Å². The number of Topliss-reactive ketones (excluding diaryl/α,β-unsaturated/α-hetero) is 1. The number of nitrogens with zero attached hydrogens (tertiary/aromatic N) is 4. The molecule has 10 nitrogen and oxygen atoms in total. The van der Waals surface area contributed by atoms with Crippen molar-refractivity contribution < 1.29 is 24.2 Å². The van der Waals surface area contributed by atoms with Gasteiger partial charge in [-0.2, -0.15) is 0 Å².